The average Bonchev–Trinajstić information content (AvgIpc) is 3.33. The third-order valence-electron chi connectivity index (χ3n) is 5.57. The van der Waals surface area contributed by atoms with Crippen LogP contribution in [0.25, 0.3) is 17.0 Å². The van der Waals surface area contributed by atoms with Gasteiger partial charge in [-0.2, -0.15) is 23.5 Å². The second kappa shape index (κ2) is 7.99. The summed E-state index contributed by atoms with van der Waals surface area (Å²) in [6.45, 7) is 0. The van der Waals surface area contributed by atoms with Gasteiger partial charge >= 0.3 is 6.18 Å². The van der Waals surface area contributed by atoms with Crippen molar-refractivity contribution in [2.45, 2.75) is 12.6 Å². The smallest absolute Gasteiger partial charge is 0.317 e. The molecule has 0 N–H and O–H groups in total. The molecule has 4 nitrogen and oxygen atoms in total. The minimum atomic E-state index is -4.38. The summed E-state index contributed by atoms with van der Waals surface area (Å²) in [7, 11) is 0. The van der Waals surface area contributed by atoms with E-state index in [4.69, 9.17) is 5.26 Å². The summed E-state index contributed by atoms with van der Waals surface area (Å²) in [5, 5.41) is 13.4. The number of alkyl halides is 3. The van der Waals surface area contributed by atoms with Gasteiger partial charge in [0, 0.05) is 23.2 Å². The Balaban J connectivity index is 1.50. The molecular weight excluding hydrogens is 425 g/mol. The fourth-order valence-corrected chi connectivity index (χ4v) is 3.92. The molecule has 3 heterocycles. The third-order valence-corrected chi connectivity index (χ3v) is 5.57. The molecule has 33 heavy (non-hydrogen) atoms. The topological polar surface area (TPSA) is 44.9 Å². The van der Waals surface area contributed by atoms with Crippen molar-refractivity contribution in [3.05, 3.63) is 119 Å². The highest BCUT2D eigenvalue weighted by Gasteiger charge is 2.30. The lowest BCUT2D eigenvalue weighted by Crippen LogP contribution is -2.20. The van der Waals surface area contributed by atoms with Crippen molar-refractivity contribution in [3.63, 3.8) is 0 Å². The molecule has 7 heteroatoms. The van der Waals surface area contributed by atoms with Crippen molar-refractivity contribution in [3.8, 4) is 11.8 Å². The predicted octanol–water partition coefficient (Wildman–Crippen LogP) is 6.30. The molecule has 2 aliphatic heterocycles. The number of nitrogens with zero attached hydrogens (tertiary/aromatic N) is 4. The Hall–Kier alpha value is -4.31. The van der Waals surface area contributed by atoms with Gasteiger partial charge in [0.2, 0.25) is 0 Å². The zero-order chi connectivity index (χ0) is 23.0. The van der Waals surface area contributed by atoms with Crippen LogP contribution in [0.15, 0.2) is 97.0 Å². The van der Waals surface area contributed by atoms with Gasteiger partial charge in [0.1, 0.15) is 0 Å². The predicted molar refractivity (Wildman–Crippen MR) is 119 cm³/mol. The number of hydrogen-bond donors (Lipinski definition) is 0. The van der Waals surface area contributed by atoms with Crippen LogP contribution < -0.4 is 0 Å². The number of aromatic nitrogens is 2. The third kappa shape index (κ3) is 3.87. The quantitative estimate of drug-likeness (QED) is 0.478. The molecule has 0 saturated carbocycles. The van der Waals surface area contributed by atoms with Crippen molar-refractivity contribution in [1.82, 2.24) is 14.7 Å². The van der Waals surface area contributed by atoms with E-state index in [0.29, 0.717) is 11.3 Å². The lowest BCUT2D eigenvalue weighted by atomic mass is 10.0. The lowest BCUT2D eigenvalue weighted by Gasteiger charge is -2.31. The van der Waals surface area contributed by atoms with Gasteiger partial charge in [-0.15, -0.1) is 0 Å². The Morgan fingerprint density at radius 2 is 1.67 bits per heavy atom. The zero-order valence-electron chi connectivity index (χ0n) is 17.3. The number of fused-ring (bicyclic) bond motifs is 1. The molecular formula is C26H17F3N4. The molecule has 0 spiro atoms. The maximum Gasteiger partial charge on any atom is 0.416 e. The first-order chi connectivity index (χ1) is 15.9. The maximum absolute atomic E-state index is 12.9. The van der Waals surface area contributed by atoms with Crippen LogP contribution in [-0.4, -0.2) is 14.7 Å². The molecule has 3 aromatic rings. The van der Waals surface area contributed by atoms with E-state index in [9.17, 15) is 13.2 Å². The van der Waals surface area contributed by atoms with Gasteiger partial charge in [-0.25, -0.2) is 4.68 Å². The molecule has 0 bridgehead atoms. The van der Waals surface area contributed by atoms with E-state index in [0.717, 1.165) is 46.8 Å². The average molecular weight is 442 g/mol. The fraction of sp³-hybridized carbons (Fsp3) is 0.0769. The molecule has 0 unspecified atom stereocenters. The van der Waals surface area contributed by atoms with Gasteiger partial charge in [-0.05, 0) is 66.6 Å². The van der Waals surface area contributed by atoms with Gasteiger partial charge in [0.15, 0.2) is 0 Å². The minimum Gasteiger partial charge on any atom is -0.317 e. The molecule has 2 aromatic carbocycles. The number of halogens is 3. The monoisotopic (exact) mass is 442 g/mol. The highest BCUT2D eigenvalue weighted by molar-refractivity contribution is 5.80. The molecule has 0 aliphatic carbocycles. The van der Waals surface area contributed by atoms with Crippen LogP contribution in [0.2, 0.25) is 0 Å². The molecule has 0 atom stereocenters. The number of nitriles is 1. The van der Waals surface area contributed by atoms with E-state index in [1.165, 1.54) is 12.1 Å². The van der Waals surface area contributed by atoms with E-state index >= 15 is 0 Å². The minimum absolute atomic E-state index is 0.542. The first-order valence-electron chi connectivity index (χ1n) is 10.3. The Morgan fingerprint density at radius 1 is 0.909 bits per heavy atom. The summed E-state index contributed by atoms with van der Waals surface area (Å²) >= 11 is 0. The first kappa shape index (κ1) is 20.6. The van der Waals surface area contributed by atoms with Gasteiger partial charge < -0.3 is 4.90 Å². The van der Waals surface area contributed by atoms with Crippen molar-refractivity contribution in [2.75, 3.05) is 0 Å². The van der Waals surface area contributed by atoms with Crippen molar-refractivity contribution >= 4 is 11.3 Å². The van der Waals surface area contributed by atoms with Crippen LogP contribution >= 0.6 is 0 Å². The Bertz CT molecular complexity index is 1360. The van der Waals surface area contributed by atoms with Gasteiger partial charge in [0.25, 0.3) is 0 Å². The van der Waals surface area contributed by atoms with E-state index in [1.807, 2.05) is 36.6 Å². The van der Waals surface area contributed by atoms with Crippen LogP contribution in [-0.2, 0) is 6.18 Å². The van der Waals surface area contributed by atoms with E-state index in [1.54, 1.807) is 23.0 Å². The maximum atomic E-state index is 12.9. The molecule has 2 aliphatic rings. The molecule has 0 radical (unpaired) electrons. The molecule has 0 saturated heterocycles. The highest BCUT2D eigenvalue weighted by atomic mass is 19.4. The normalized spacial score (nSPS) is 15.3. The number of hydrogen-bond acceptors (Lipinski definition) is 3. The first-order valence-corrected chi connectivity index (χ1v) is 10.3. The Labute approximate surface area is 188 Å². The second-order valence-electron chi connectivity index (χ2n) is 7.60. The van der Waals surface area contributed by atoms with Crippen molar-refractivity contribution < 1.29 is 13.2 Å². The lowest BCUT2D eigenvalue weighted by molar-refractivity contribution is -0.137. The largest absolute Gasteiger partial charge is 0.416 e. The van der Waals surface area contributed by atoms with Gasteiger partial charge in [-0.3, -0.25) is 0 Å². The second-order valence-corrected chi connectivity index (χ2v) is 7.60. The SMILES string of the molecule is N#Cc1ccc(C2=CCC=C3C=CC(c4ccnn4-c4ccc(C(F)(F)F)cc4)=CN32)cc1. The zero-order valence-corrected chi connectivity index (χ0v) is 17.3. The summed E-state index contributed by atoms with van der Waals surface area (Å²) < 4.78 is 40.4. The standard InChI is InChI=1S/C26H17F3N4/c27-26(28,29)21-9-12-23(13-10-21)33-25(14-15-31-33)20-8-11-22-2-1-3-24(32(22)17-20)19-6-4-18(16-30)5-7-19/h2-15,17H,1H2. The number of allylic oxidation sites excluding steroid dienone is 5. The molecule has 5 rings (SSSR count). The van der Waals surface area contributed by atoms with Crippen molar-refractivity contribution in [1.29, 1.82) is 5.26 Å². The summed E-state index contributed by atoms with van der Waals surface area (Å²) in [5.41, 5.74) is 5.08. The van der Waals surface area contributed by atoms with Gasteiger partial charge in [0.05, 0.1) is 34.8 Å². The van der Waals surface area contributed by atoms with Crippen molar-refractivity contribution in [2.24, 2.45) is 0 Å². The van der Waals surface area contributed by atoms with E-state index < -0.39 is 11.7 Å². The number of benzene rings is 2. The van der Waals surface area contributed by atoms with Crippen LogP contribution in [0.3, 0.4) is 0 Å². The Kier molecular flexibility index (Phi) is 4.98. The molecule has 1 aromatic heterocycles. The summed E-state index contributed by atoms with van der Waals surface area (Å²) in [5.74, 6) is 0. The van der Waals surface area contributed by atoms with Crippen LogP contribution in [0.5, 0.6) is 0 Å². The highest BCUT2D eigenvalue weighted by Crippen LogP contribution is 2.35. The molecule has 162 valence electrons. The van der Waals surface area contributed by atoms with Gasteiger partial charge in [-0.1, -0.05) is 24.3 Å². The van der Waals surface area contributed by atoms with Crippen LogP contribution in [0, 0.1) is 11.3 Å². The van der Waals surface area contributed by atoms with Crippen LogP contribution in [0.4, 0.5) is 13.2 Å². The molecule has 0 fully saturated rings. The summed E-state index contributed by atoms with van der Waals surface area (Å²) in [6.07, 6.45) is 8.24. The summed E-state index contributed by atoms with van der Waals surface area (Å²) in [4.78, 5) is 2.07. The summed E-state index contributed by atoms with van der Waals surface area (Å²) in [6, 6.07) is 16.3. The van der Waals surface area contributed by atoms with Crippen LogP contribution in [0.1, 0.15) is 28.8 Å². The molecule has 0 amide bonds. The Morgan fingerprint density at radius 3 is 2.36 bits per heavy atom. The fourth-order valence-electron chi connectivity index (χ4n) is 3.92. The van der Waals surface area contributed by atoms with E-state index in [2.05, 4.69) is 28.2 Å². The van der Waals surface area contributed by atoms with E-state index in [-0.39, 0.29) is 0 Å². The number of rotatable bonds is 3.